The molecule has 0 bridgehead atoms. The van der Waals surface area contributed by atoms with Gasteiger partial charge in [0, 0.05) is 7.05 Å². The van der Waals surface area contributed by atoms with Gasteiger partial charge >= 0.3 is 11.9 Å². The number of carbonyl (C=O) groups excluding carboxylic acids is 1. The number of hydrogen-bond acceptors (Lipinski definition) is 4. The second-order valence-electron chi connectivity index (χ2n) is 4.42. The number of halogens is 3. The smallest absolute Gasteiger partial charge is 0.416 e. The van der Waals surface area contributed by atoms with E-state index in [1.54, 1.807) is 4.98 Å². The van der Waals surface area contributed by atoms with E-state index in [1.807, 2.05) is 0 Å². The van der Waals surface area contributed by atoms with E-state index in [-0.39, 0.29) is 5.69 Å². The number of rotatable bonds is 2. The maximum atomic E-state index is 12.7. The molecule has 7 nitrogen and oxygen atoms in total. The van der Waals surface area contributed by atoms with Crippen molar-refractivity contribution in [3.63, 3.8) is 0 Å². The number of carbonyl (C=O) groups is 1. The maximum Gasteiger partial charge on any atom is 0.416 e. The molecule has 0 unspecified atom stereocenters. The third kappa shape index (κ3) is 2.96. The summed E-state index contributed by atoms with van der Waals surface area (Å²) in [6, 6.07) is 3.51. The normalized spacial score (nSPS) is 11.3. The van der Waals surface area contributed by atoms with E-state index in [0.717, 1.165) is 18.2 Å². The zero-order chi connectivity index (χ0) is 17.4. The lowest BCUT2D eigenvalue weighted by Gasteiger charge is -2.13. The largest absolute Gasteiger partial charge is 0.493 e. The highest BCUT2D eigenvalue weighted by molar-refractivity contribution is 5.95. The third-order valence-electron chi connectivity index (χ3n) is 2.97. The van der Waals surface area contributed by atoms with Gasteiger partial charge in [0.05, 0.1) is 11.3 Å². The van der Waals surface area contributed by atoms with Crippen LogP contribution in [0, 0.1) is 0 Å². The van der Waals surface area contributed by atoms with Gasteiger partial charge in [0.15, 0.2) is 5.56 Å². The first-order valence-electron chi connectivity index (χ1n) is 6.15. The Morgan fingerprint density at radius 2 is 1.96 bits per heavy atom. The first kappa shape index (κ1) is 16.3. The third-order valence-corrected chi connectivity index (χ3v) is 2.97. The second-order valence-corrected chi connectivity index (χ2v) is 4.42. The number of nitrogens with zero attached hydrogens (tertiary/aromatic N) is 1. The Morgan fingerprint density at radius 3 is 2.52 bits per heavy atom. The Labute approximate surface area is 126 Å². The number of alkyl halides is 3. The fraction of sp³-hybridized carbons (Fsp3) is 0.154. The van der Waals surface area contributed by atoms with Crippen LogP contribution in [0.2, 0.25) is 0 Å². The van der Waals surface area contributed by atoms with Crippen LogP contribution in [0.15, 0.2) is 33.9 Å². The van der Waals surface area contributed by atoms with Crippen molar-refractivity contribution in [2.45, 2.75) is 6.18 Å². The Morgan fingerprint density at radius 1 is 1.30 bits per heavy atom. The van der Waals surface area contributed by atoms with E-state index in [4.69, 9.17) is 0 Å². The highest BCUT2D eigenvalue weighted by atomic mass is 19.4. The fourth-order valence-electron chi connectivity index (χ4n) is 1.92. The lowest BCUT2D eigenvalue weighted by Crippen LogP contribution is -2.36. The van der Waals surface area contributed by atoms with E-state index in [2.05, 4.69) is 5.32 Å². The zero-order valence-electron chi connectivity index (χ0n) is 11.6. The molecule has 1 aromatic carbocycles. The van der Waals surface area contributed by atoms with Crippen LogP contribution in [-0.2, 0) is 6.18 Å². The van der Waals surface area contributed by atoms with Gasteiger partial charge in [0.1, 0.15) is 0 Å². The summed E-state index contributed by atoms with van der Waals surface area (Å²) in [5.41, 5.74) is -4.54. The second kappa shape index (κ2) is 5.63. The highest BCUT2D eigenvalue weighted by Crippen LogP contribution is 2.30. The Hall–Kier alpha value is -3.04. The molecule has 0 aliphatic carbocycles. The zero-order valence-corrected chi connectivity index (χ0v) is 11.6. The molecule has 0 saturated heterocycles. The molecule has 2 rings (SSSR count). The van der Waals surface area contributed by atoms with Crippen molar-refractivity contribution < 1.29 is 23.1 Å². The topological polar surface area (TPSA) is 104 Å². The number of amides is 1. The molecule has 2 aromatic rings. The molecular weight excluding hydrogens is 319 g/mol. The molecular formula is C13H10F3N3O4. The molecule has 122 valence electrons. The van der Waals surface area contributed by atoms with E-state index in [1.165, 1.54) is 7.05 Å². The summed E-state index contributed by atoms with van der Waals surface area (Å²) in [6.07, 6.45) is -4.67. The first-order valence-corrected chi connectivity index (χ1v) is 6.15. The molecule has 0 fully saturated rings. The average Bonchev–Trinajstić information content (AvgIpc) is 2.45. The SMILES string of the molecule is CNC(=O)c1c(O)n(-c2cccc(C(F)(F)F)c2)c(=O)[nH]c1=O. The van der Waals surface area contributed by atoms with Crippen molar-refractivity contribution in [3.8, 4) is 11.6 Å². The predicted octanol–water partition coefficient (Wildman–Crippen LogP) is 0.610. The standard InChI is InChI=1S/C13H10F3N3O4/c1-17-9(20)8-10(21)18-12(23)19(11(8)22)7-4-2-3-6(5-7)13(14,15)16/h2-5,22H,1H3,(H,17,20)(H,18,21,23). The number of aromatic nitrogens is 2. The van der Waals surface area contributed by atoms with E-state index in [0.29, 0.717) is 10.6 Å². The summed E-state index contributed by atoms with van der Waals surface area (Å²) in [5.74, 6) is -2.05. The van der Waals surface area contributed by atoms with Crippen LogP contribution in [0.5, 0.6) is 5.88 Å². The summed E-state index contributed by atoms with van der Waals surface area (Å²) < 4.78 is 38.6. The van der Waals surface area contributed by atoms with Gasteiger partial charge in [-0.3, -0.25) is 14.6 Å². The first-order chi connectivity index (χ1) is 10.7. The van der Waals surface area contributed by atoms with Crippen LogP contribution in [0.4, 0.5) is 13.2 Å². The number of aromatic hydroxyl groups is 1. The van der Waals surface area contributed by atoms with Gasteiger partial charge in [-0.15, -0.1) is 0 Å². The number of hydrogen-bond donors (Lipinski definition) is 3. The Balaban J connectivity index is 2.77. The lowest BCUT2D eigenvalue weighted by molar-refractivity contribution is -0.137. The fourth-order valence-corrected chi connectivity index (χ4v) is 1.92. The van der Waals surface area contributed by atoms with Crippen LogP contribution in [0.25, 0.3) is 5.69 Å². The molecule has 0 saturated carbocycles. The van der Waals surface area contributed by atoms with Crippen molar-refractivity contribution in [2.75, 3.05) is 7.05 Å². The molecule has 3 N–H and O–H groups in total. The van der Waals surface area contributed by atoms with Crippen molar-refractivity contribution >= 4 is 5.91 Å². The van der Waals surface area contributed by atoms with Crippen molar-refractivity contribution in [2.24, 2.45) is 0 Å². The van der Waals surface area contributed by atoms with Crippen LogP contribution in [0.3, 0.4) is 0 Å². The van der Waals surface area contributed by atoms with E-state index < -0.39 is 40.3 Å². The van der Waals surface area contributed by atoms with Crippen molar-refractivity contribution in [1.82, 2.24) is 14.9 Å². The number of benzene rings is 1. The van der Waals surface area contributed by atoms with Gasteiger partial charge in [-0.05, 0) is 18.2 Å². The summed E-state index contributed by atoms with van der Waals surface area (Å²) in [7, 11) is 1.18. The highest BCUT2D eigenvalue weighted by Gasteiger charge is 2.31. The lowest BCUT2D eigenvalue weighted by atomic mass is 10.2. The molecule has 0 aliphatic heterocycles. The average molecular weight is 329 g/mol. The number of H-pyrrole nitrogens is 1. The van der Waals surface area contributed by atoms with Crippen LogP contribution >= 0.6 is 0 Å². The van der Waals surface area contributed by atoms with Crippen molar-refractivity contribution in [3.05, 3.63) is 56.2 Å². The van der Waals surface area contributed by atoms with E-state index in [9.17, 15) is 32.7 Å². The minimum Gasteiger partial charge on any atom is -0.493 e. The maximum absolute atomic E-state index is 12.7. The molecule has 1 amide bonds. The molecule has 0 aliphatic rings. The van der Waals surface area contributed by atoms with Gasteiger partial charge < -0.3 is 10.4 Å². The summed E-state index contributed by atoms with van der Waals surface area (Å²) in [4.78, 5) is 36.8. The Bertz CT molecular complexity index is 883. The van der Waals surface area contributed by atoms with Crippen LogP contribution < -0.4 is 16.6 Å². The molecule has 1 aromatic heterocycles. The van der Waals surface area contributed by atoms with Gasteiger partial charge in [-0.2, -0.15) is 13.2 Å². The van der Waals surface area contributed by atoms with Gasteiger partial charge in [-0.25, -0.2) is 9.36 Å². The van der Waals surface area contributed by atoms with Crippen LogP contribution in [-0.4, -0.2) is 27.6 Å². The van der Waals surface area contributed by atoms with Crippen molar-refractivity contribution in [1.29, 1.82) is 0 Å². The number of aromatic amines is 1. The molecule has 0 atom stereocenters. The Kier molecular flexibility index (Phi) is 4.00. The quantitative estimate of drug-likeness (QED) is 0.751. The molecule has 0 spiro atoms. The van der Waals surface area contributed by atoms with E-state index >= 15 is 0 Å². The summed E-state index contributed by atoms with van der Waals surface area (Å²) in [5, 5.41) is 12.1. The summed E-state index contributed by atoms with van der Waals surface area (Å²) in [6.45, 7) is 0. The van der Waals surface area contributed by atoms with Crippen LogP contribution in [0.1, 0.15) is 15.9 Å². The molecule has 0 radical (unpaired) electrons. The minimum absolute atomic E-state index is 0.358. The molecule has 23 heavy (non-hydrogen) atoms. The number of nitrogens with one attached hydrogen (secondary N) is 2. The minimum atomic E-state index is -4.67. The summed E-state index contributed by atoms with van der Waals surface area (Å²) >= 11 is 0. The van der Waals surface area contributed by atoms with Gasteiger partial charge in [0.25, 0.3) is 11.5 Å². The van der Waals surface area contributed by atoms with Gasteiger partial charge in [0.2, 0.25) is 5.88 Å². The monoisotopic (exact) mass is 329 g/mol. The molecule has 1 heterocycles. The van der Waals surface area contributed by atoms with Gasteiger partial charge in [-0.1, -0.05) is 6.07 Å². The molecule has 10 heteroatoms. The predicted molar refractivity (Wildman–Crippen MR) is 72.7 cm³/mol.